The van der Waals surface area contributed by atoms with Gasteiger partial charge in [0.25, 0.3) is 0 Å². The van der Waals surface area contributed by atoms with Crippen LogP contribution < -0.4 is 4.74 Å². The summed E-state index contributed by atoms with van der Waals surface area (Å²) in [5, 5.41) is 0. The molecular weight excluding hydrogens is 300 g/mol. The van der Waals surface area contributed by atoms with Crippen LogP contribution >= 0.6 is 0 Å². The third-order valence-electron chi connectivity index (χ3n) is 4.94. The number of hydrogen-bond donors (Lipinski definition) is 0. The molecule has 1 saturated heterocycles. The van der Waals surface area contributed by atoms with Gasteiger partial charge in [-0.3, -0.25) is 9.69 Å². The van der Waals surface area contributed by atoms with Crippen LogP contribution in [0.2, 0.25) is 0 Å². The van der Waals surface area contributed by atoms with Gasteiger partial charge in [-0.15, -0.1) is 0 Å². The Morgan fingerprint density at radius 3 is 2.50 bits per heavy atom. The Morgan fingerprint density at radius 1 is 1.12 bits per heavy atom. The van der Waals surface area contributed by atoms with E-state index in [0.717, 1.165) is 57.7 Å². The van der Waals surface area contributed by atoms with Crippen molar-refractivity contribution in [1.82, 2.24) is 9.80 Å². The molecule has 1 aromatic carbocycles. The van der Waals surface area contributed by atoms with E-state index in [0.29, 0.717) is 12.5 Å². The molecule has 1 atom stereocenters. The van der Waals surface area contributed by atoms with Crippen LogP contribution in [-0.4, -0.2) is 48.5 Å². The largest absolute Gasteiger partial charge is 0.494 e. The third-order valence-corrected chi connectivity index (χ3v) is 4.94. The highest BCUT2D eigenvalue weighted by molar-refractivity contribution is 5.79. The zero-order valence-corrected chi connectivity index (χ0v) is 14.6. The summed E-state index contributed by atoms with van der Waals surface area (Å²) in [6.07, 6.45) is 7.34. The summed E-state index contributed by atoms with van der Waals surface area (Å²) in [7, 11) is 0. The quantitative estimate of drug-likeness (QED) is 0.779. The minimum atomic E-state index is 0.215. The average molecular weight is 328 g/mol. The summed E-state index contributed by atoms with van der Waals surface area (Å²) in [5.41, 5.74) is 1.30. The van der Waals surface area contributed by atoms with E-state index in [1.165, 1.54) is 5.56 Å². The van der Waals surface area contributed by atoms with Gasteiger partial charge in [-0.25, -0.2) is 0 Å². The molecule has 0 N–H and O–H groups in total. The topological polar surface area (TPSA) is 32.8 Å². The highest BCUT2D eigenvalue weighted by Crippen LogP contribution is 2.22. The molecule has 1 aliphatic carbocycles. The van der Waals surface area contributed by atoms with Gasteiger partial charge in [0.15, 0.2) is 0 Å². The lowest BCUT2D eigenvalue weighted by Crippen LogP contribution is -2.50. The van der Waals surface area contributed by atoms with Crippen LogP contribution in [0, 0.1) is 5.92 Å². The average Bonchev–Trinajstić information content (AvgIpc) is 2.64. The van der Waals surface area contributed by atoms with Crippen molar-refractivity contribution in [2.45, 2.75) is 32.7 Å². The number of carbonyl (C=O) groups is 1. The number of piperazine rings is 1. The maximum atomic E-state index is 12.6. The predicted molar refractivity (Wildman–Crippen MR) is 95.9 cm³/mol. The Kier molecular flexibility index (Phi) is 5.91. The molecule has 130 valence electrons. The molecule has 0 bridgehead atoms. The maximum absolute atomic E-state index is 12.6. The number of hydrogen-bond acceptors (Lipinski definition) is 3. The molecular formula is C20H28N2O2. The van der Waals surface area contributed by atoms with Crippen molar-refractivity contribution in [1.29, 1.82) is 0 Å². The van der Waals surface area contributed by atoms with Crippen molar-refractivity contribution in [2.75, 3.05) is 32.8 Å². The standard InChI is InChI=1S/C20H28N2O2/c1-2-24-19-10-8-17(9-11-19)16-21-12-14-22(15-13-21)20(23)18-6-4-3-5-7-18/h3-4,8-11,18H,2,5-7,12-16H2,1H3. The summed E-state index contributed by atoms with van der Waals surface area (Å²) in [4.78, 5) is 17.1. The van der Waals surface area contributed by atoms with Gasteiger partial charge < -0.3 is 9.64 Å². The summed E-state index contributed by atoms with van der Waals surface area (Å²) in [6.45, 7) is 7.28. The van der Waals surface area contributed by atoms with Crippen LogP contribution in [-0.2, 0) is 11.3 Å². The second-order valence-electron chi connectivity index (χ2n) is 6.66. The lowest BCUT2D eigenvalue weighted by molar-refractivity contribution is -0.137. The molecule has 0 aromatic heterocycles. The normalized spacial score (nSPS) is 21.7. The molecule has 4 nitrogen and oxygen atoms in total. The molecule has 1 aromatic rings. The summed E-state index contributed by atoms with van der Waals surface area (Å²) >= 11 is 0. The lowest BCUT2D eigenvalue weighted by Gasteiger charge is -2.36. The zero-order valence-electron chi connectivity index (χ0n) is 14.6. The van der Waals surface area contributed by atoms with E-state index in [1.807, 2.05) is 19.1 Å². The smallest absolute Gasteiger partial charge is 0.226 e. The zero-order chi connectivity index (χ0) is 16.8. The van der Waals surface area contributed by atoms with Crippen molar-refractivity contribution in [3.63, 3.8) is 0 Å². The Labute approximate surface area is 145 Å². The van der Waals surface area contributed by atoms with E-state index >= 15 is 0 Å². The van der Waals surface area contributed by atoms with Crippen molar-refractivity contribution in [3.05, 3.63) is 42.0 Å². The fourth-order valence-corrected chi connectivity index (χ4v) is 3.52. The Balaban J connectivity index is 1.46. The predicted octanol–water partition coefficient (Wildman–Crippen LogP) is 3.09. The van der Waals surface area contributed by atoms with Gasteiger partial charge in [0.1, 0.15) is 5.75 Å². The van der Waals surface area contributed by atoms with E-state index in [9.17, 15) is 4.79 Å². The van der Waals surface area contributed by atoms with Gasteiger partial charge in [-0.05, 0) is 43.9 Å². The summed E-state index contributed by atoms with van der Waals surface area (Å²) < 4.78 is 5.49. The van der Waals surface area contributed by atoms with Crippen molar-refractivity contribution in [2.24, 2.45) is 5.92 Å². The third kappa shape index (κ3) is 4.38. The molecule has 0 radical (unpaired) electrons. The van der Waals surface area contributed by atoms with Crippen LogP contribution in [0.5, 0.6) is 5.75 Å². The van der Waals surface area contributed by atoms with Crippen LogP contribution in [0.25, 0.3) is 0 Å². The number of benzene rings is 1. The number of allylic oxidation sites excluding steroid dienone is 2. The monoisotopic (exact) mass is 328 g/mol. The van der Waals surface area contributed by atoms with Crippen molar-refractivity contribution in [3.8, 4) is 5.75 Å². The molecule has 2 aliphatic rings. The molecule has 1 amide bonds. The molecule has 0 saturated carbocycles. The maximum Gasteiger partial charge on any atom is 0.226 e. The lowest BCUT2D eigenvalue weighted by atomic mass is 9.93. The van der Waals surface area contributed by atoms with Gasteiger partial charge in [0, 0.05) is 38.6 Å². The van der Waals surface area contributed by atoms with Crippen molar-refractivity contribution >= 4 is 5.91 Å². The highest BCUT2D eigenvalue weighted by Gasteiger charge is 2.27. The van der Waals surface area contributed by atoms with E-state index in [4.69, 9.17) is 4.74 Å². The summed E-state index contributed by atoms with van der Waals surface area (Å²) in [5.74, 6) is 1.51. The van der Waals surface area contributed by atoms with E-state index in [2.05, 4.69) is 34.1 Å². The molecule has 1 aliphatic heterocycles. The van der Waals surface area contributed by atoms with E-state index < -0.39 is 0 Å². The van der Waals surface area contributed by atoms with Gasteiger partial charge in [0.2, 0.25) is 5.91 Å². The first-order valence-corrected chi connectivity index (χ1v) is 9.14. The Morgan fingerprint density at radius 2 is 1.88 bits per heavy atom. The second-order valence-corrected chi connectivity index (χ2v) is 6.66. The highest BCUT2D eigenvalue weighted by atomic mass is 16.5. The minimum absolute atomic E-state index is 0.215. The second kappa shape index (κ2) is 8.34. The molecule has 1 heterocycles. The Bertz CT molecular complexity index is 560. The molecule has 1 fully saturated rings. The number of amides is 1. The minimum Gasteiger partial charge on any atom is -0.494 e. The first kappa shape index (κ1) is 17.0. The van der Waals surface area contributed by atoms with E-state index in [1.54, 1.807) is 0 Å². The van der Waals surface area contributed by atoms with Crippen molar-refractivity contribution < 1.29 is 9.53 Å². The number of ether oxygens (including phenoxy) is 1. The molecule has 4 heteroatoms. The number of nitrogens with zero attached hydrogens (tertiary/aromatic N) is 2. The fraction of sp³-hybridized carbons (Fsp3) is 0.550. The first-order chi connectivity index (χ1) is 11.8. The summed E-state index contributed by atoms with van der Waals surface area (Å²) in [6, 6.07) is 8.35. The number of rotatable bonds is 5. The first-order valence-electron chi connectivity index (χ1n) is 9.14. The molecule has 0 spiro atoms. The number of carbonyl (C=O) groups excluding carboxylic acids is 1. The molecule has 24 heavy (non-hydrogen) atoms. The fourth-order valence-electron chi connectivity index (χ4n) is 3.52. The van der Waals surface area contributed by atoms with Crippen LogP contribution in [0.15, 0.2) is 36.4 Å². The Hall–Kier alpha value is -1.81. The molecule has 1 unspecified atom stereocenters. The van der Waals surface area contributed by atoms with Gasteiger partial charge >= 0.3 is 0 Å². The van der Waals surface area contributed by atoms with Gasteiger partial charge in [0.05, 0.1) is 6.61 Å². The van der Waals surface area contributed by atoms with Gasteiger partial charge in [-0.2, -0.15) is 0 Å². The molecule has 3 rings (SSSR count). The van der Waals surface area contributed by atoms with E-state index in [-0.39, 0.29) is 5.92 Å². The van der Waals surface area contributed by atoms with Gasteiger partial charge in [-0.1, -0.05) is 24.3 Å². The van der Waals surface area contributed by atoms with Crippen LogP contribution in [0.3, 0.4) is 0 Å². The van der Waals surface area contributed by atoms with Crippen LogP contribution in [0.1, 0.15) is 31.7 Å². The SMILES string of the molecule is CCOc1ccc(CN2CCN(C(=O)C3CC=CCC3)CC2)cc1. The van der Waals surface area contributed by atoms with Crippen LogP contribution in [0.4, 0.5) is 0 Å².